The number of halogens is 3. The lowest BCUT2D eigenvalue weighted by molar-refractivity contribution is -0.385. The minimum atomic E-state index is -4.75. The number of carboxylic acid groups (broad SMARTS) is 1. The summed E-state index contributed by atoms with van der Waals surface area (Å²) in [5, 5.41) is 22.2. The molecule has 6 nitrogen and oxygen atoms in total. The van der Waals surface area contributed by atoms with Crippen LogP contribution in [0.3, 0.4) is 0 Å². The van der Waals surface area contributed by atoms with Gasteiger partial charge in [0.15, 0.2) is 0 Å². The number of nitrogens with zero attached hydrogens (tertiary/aromatic N) is 1. The lowest BCUT2D eigenvalue weighted by Gasteiger charge is -2.08. The SMILES string of the molecule is C1CCNCC1.O=C(O)c1ccc(C(F)(F)F)cc1[N+](=O)[O-]. The van der Waals surface area contributed by atoms with Crippen molar-refractivity contribution in [2.45, 2.75) is 25.4 Å². The number of carboxylic acids is 1. The van der Waals surface area contributed by atoms with E-state index in [9.17, 15) is 28.1 Å². The first kappa shape index (κ1) is 17.9. The predicted molar refractivity (Wildman–Crippen MR) is 71.8 cm³/mol. The van der Waals surface area contributed by atoms with Gasteiger partial charge in [0.25, 0.3) is 5.69 Å². The van der Waals surface area contributed by atoms with E-state index in [-0.39, 0.29) is 6.07 Å². The first-order valence-electron chi connectivity index (χ1n) is 6.53. The summed E-state index contributed by atoms with van der Waals surface area (Å²) in [6.07, 6.45) is -0.533. The van der Waals surface area contributed by atoms with Crippen LogP contribution < -0.4 is 5.32 Å². The zero-order chi connectivity index (χ0) is 16.8. The van der Waals surface area contributed by atoms with Crippen LogP contribution in [-0.2, 0) is 6.18 Å². The van der Waals surface area contributed by atoms with E-state index < -0.39 is 33.9 Å². The maximum Gasteiger partial charge on any atom is 0.416 e. The minimum absolute atomic E-state index is 0.198. The monoisotopic (exact) mass is 320 g/mol. The predicted octanol–water partition coefficient (Wildman–Crippen LogP) is 3.07. The molecule has 0 bridgehead atoms. The van der Waals surface area contributed by atoms with E-state index in [1.165, 1.54) is 32.4 Å². The zero-order valence-electron chi connectivity index (χ0n) is 11.5. The molecule has 0 atom stereocenters. The Balaban J connectivity index is 0.000000335. The first-order valence-corrected chi connectivity index (χ1v) is 6.53. The molecule has 22 heavy (non-hydrogen) atoms. The van der Waals surface area contributed by atoms with Gasteiger partial charge in [0.2, 0.25) is 0 Å². The number of carbonyl (C=O) groups is 1. The van der Waals surface area contributed by atoms with Gasteiger partial charge in [-0.15, -0.1) is 0 Å². The molecule has 2 N–H and O–H groups in total. The second kappa shape index (κ2) is 7.74. The van der Waals surface area contributed by atoms with Gasteiger partial charge in [0, 0.05) is 6.07 Å². The van der Waals surface area contributed by atoms with Gasteiger partial charge in [-0.3, -0.25) is 10.1 Å². The molecule has 1 aliphatic rings. The number of nitro benzene ring substituents is 1. The van der Waals surface area contributed by atoms with E-state index in [2.05, 4.69) is 5.32 Å². The highest BCUT2D eigenvalue weighted by Gasteiger charge is 2.33. The van der Waals surface area contributed by atoms with Crippen molar-refractivity contribution in [1.82, 2.24) is 5.32 Å². The van der Waals surface area contributed by atoms with Crippen LogP contribution in [0.5, 0.6) is 0 Å². The summed E-state index contributed by atoms with van der Waals surface area (Å²) in [7, 11) is 0. The van der Waals surface area contributed by atoms with E-state index in [0.29, 0.717) is 12.1 Å². The van der Waals surface area contributed by atoms with Crippen LogP contribution in [-0.4, -0.2) is 29.1 Å². The zero-order valence-corrected chi connectivity index (χ0v) is 11.5. The number of hydrogen-bond donors (Lipinski definition) is 2. The molecule has 0 radical (unpaired) electrons. The van der Waals surface area contributed by atoms with E-state index in [4.69, 9.17) is 5.11 Å². The van der Waals surface area contributed by atoms with Gasteiger partial charge in [0.05, 0.1) is 10.5 Å². The van der Waals surface area contributed by atoms with Crippen LogP contribution >= 0.6 is 0 Å². The maximum absolute atomic E-state index is 12.2. The molecular formula is C13H15F3N2O4. The number of rotatable bonds is 2. The fraction of sp³-hybridized carbons (Fsp3) is 0.462. The normalized spacial score (nSPS) is 14.7. The lowest BCUT2D eigenvalue weighted by Crippen LogP contribution is -2.21. The van der Waals surface area contributed by atoms with Crippen molar-refractivity contribution in [3.63, 3.8) is 0 Å². The van der Waals surface area contributed by atoms with E-state index in [1.807, 2.05) is 0 Å². The number of benzene rings is 1. The Labute approximate surface area is 124 Å². The van der Waals surface area contributed by atoms with Crippen LogP contribution in [0.15, 0.2) is 18.2 Å². The number of hydrogen-bond acceptors (Lipinski definition) is 4. The van der Waals surface area contributed by atoms with E-state index in [1.54, 1.807) is 0 Å². The minimum Gasteiger partial charge on any atom is -0.477 e. The van der Waals surface area contributed by atoms with Crippen molar-refractivity contribution in [3.05, 3.63) is 39.4 Å². The van der Waals surface area contributed by atoms with E-state index >= 15 is 0 Å². The summed E-state index contributed by atoms with van der Waals surface area (Å²) < 4.78 is 36.6. The molecule has 1 saturated heterocycles. The van der Waals surface area contributed by atoms with Gasteiger partial charge in [-0.25, -0.2) is 4.79 Å². The molecule has 0 aliphatic carbocycles. The van der Waals surface area contributed by atoms with Crippen molar-refractivity contribution >= 4 is 11.7 Å². The molecule has 1 fully saturated rings. The molecule has 0 aromatic heterocycles. The molecule has 0 unspecified atom stereocenters. The van der Waals surface area contributed by atoms with Gasteiger partial charge >= 0.3 is 12.1 Å². The van der Waals surface area contributed by atoms with Gasteiger partial charge in [0.1, 0.15) is 5.56 Å². The van der Waals surface area contributed by atoms with Crippen molar-refractivity contribution < 1.29 is 28.0 Å². The molecule has 2 rings (SSSR count). The van der Waals surface area contributed by atoms with Crippen LogP contribution in [0.1, 0.15) is 35.2 Å². The Kier molecular flexibility index (Phi) is 6.29. The van der Waals surface area contributed by atoms with E-state index in [0.717, 1.165) is 0 Å². The third-order valence-corrected chi connectivity index (χ3v) is 2.96. The standard InChI is InChI=1S/C8H4F3NO4.C5H11N/c9-8(10,11)4-1-2-5(7(13)14)6(3-4)12(15)16;1-2-4-6-5-3-1/h1-3H,(H,13,14);6H,1-5H2. The molecule has 122 valence electrons. The summed E-state index contributed by atoms with van der Waals surface area (Å²) in [6.45, 7) is 2.50. The Morgan fingerprint density at radius 1 is 1.23 bits per heavy atom. The number of nitro groups is 1. The average Bonchev–Trinajstić information content (AvgIpc) is 2.48. The van der Waals surface area contributed by atoms with Crippen LogP contribution in [0.25, 0.3) is 0 Å². The Bertz CT molecular complexity index is 531. The highest BCUT2D eigenvalue weighted by atomic mass is 19.4. The summed E-state index contributed by atoms with van der Waals surface area (Å²) >= 11 is 0. The van der Waals surface area contributed by atoms with Crippen LogP contribution in [0.2, 0.25) is 0 Å². The summed E-state index contributed by atoms with van der Waals surface area (Å²) in [4.78, 5) is 19.7. The molecule has 0 spiro atoms. The Morgan fingerprint density at radius 3 is 2.14 bits per heavy atom. The average molecular weight is 320 g/mol. The molecule has 1 aromatic rings. The number of piperidine rings is 1. The summed E-state index contributed by atoms with van der Waals surface area (Å²) in [5.41, 5.74) is -3.12. The highest BCUT2D eigenvalue weighted by Crippen LogP contribution is 2.32. The molecular weight excluding hydrogens is 305 g/mol. The molecule has 9 heteroatoms. The smallest absolute Gasteiger partial charge is 0.416 e. The fourth-order valence-corrected chi connectivity index (χ4v) is 1.84. The topological polar surface area (TPSA) is 92.5 Å². The molecule has 0 saturated carbocycles. The lowest BCUT2D eigenvalue weighted by atomic mass is 10.1. The molecule has 1 heterocycles. The molecule has 1 aromatic carbocycles. The van der Waals surface area contributed by atoms with Crippen LogP contribution in [0.4, 0.5) is 18.9 Å². The third-order valence-electron chi connectivity index (χ3n) is 2.96. The van der Waals surface area contributed by atoms with Crippen molar-refractivity contribution in [2.24, 2.45) is 0 Å². The van der Waals surface area contributed by atoms with Gasteiger partial charge in [-0.1, -0.05) is 6.42 Å². The highest BCUT2D eigenvalue weighted by molar-refractivity contribution is 5.92. The first-order chi connectivity index (χ1) is 10.2. The largest absolute Gasteiger partial charge is 0.477 e. The number of aromatic carboxylic acids is 1. The molecule has 1 aliphatic heterocycles. The maximum atomic E-state index is 12.2. The van der Waals surface area contributed by atoms with Gasteiger partial charge in [-0.05, 0) is 38.1 Å². The van der Waals surface area contributed by atoms with Gasteiger partial charge in [-0.2, -0.15) is 13.2 Å². The fourth-order valence-electron chi connectivity index (χ4n) is 1.84. The summed E-state index contributed by atoms with van der Waals surface area (Å²) in [6, 6.07) is 1.24. The van der Waals surface area contributed by atoms with Crippen molar-refractivity contribution in [3.8, 4) is 0 Å². The second-order valence-electron chi connectivity index (χ2n) is 4.60. The number of nitrogens with one attached hydrogen (secondary N) is 1. The Morgan fingerprint density at radius 2 is 1.82 bits per heavy atom. The second-order valence-corrected chi connectivity index (χ2v) is 4.60. The van der Waals surface area contributed by atoms with Crippen molar-refractivity contribution in [2.75, 3.05) is 13.1 Å². The third kappa shape index (κ3) is 5.32. The molecule has 0 amide bonds. The quantitative estimate of drug-likeness (QED) is 0.645. The number of alkyl halides is 3. The Hall–Kier alpha value is -2.16. The van der Waals surface area contributed by atoms with Crippen molar-refractivity contribution in [1.29, 1.82) is 0 Å². The summed E-state index contributed by atoms with van der Waals surface area (Å²) in [5.74, 6) is -1.65. The van der Waals surface area contributed by atoms with Crippen LogP contribution in [0, 0.1) is 10.1 Å². The van der Waals surface area contributed by atoms with Gasteiger partial charge < -0.3 is 10.4 Å².